The van der Waals surface area contributed by atoms with E-state index in [1.165, 1.54) is 32.1 Å². The minimum Gasteiger partial charge on any atom is -0.377 e. The summed E-state index contributed by atoms with van der Waals surface area (Å²) in [7, 11) is 0. The van der Waals surface area contributed by atoms with Crippen LogP contribution in [0, 0.1) is 12.8 Å². The second-order valence-corrected chi connectivity index (χ2v) is 6.62. The number of hydrazine groups is 1. The molecule has 0 spiro atoms. The summed E-state index contributed by atoms with van der Waals surface area (Å²) < 4.78 is 6.05. The quantitative estimate of drug-likeness (QED) is 0.600. The maximum absolute atomic E-state index is 6.05. The Labute approximate surface area is 126 Å². The molecule has 1 aliphatic rings. The average Bonchev–Trinajstić information content (AvgIpc) is 2.89. The molecular formula is C15H27N3OS. The third-order valence-electron chi connectivity index (χ3n) is 4.15. The van der Waals surface area contributed by atoms with Gasteiger partial charge in [0.1, 0.15) is 0 Å². The first-order valence-corrected chi connectivity index (χ1v) is 8.61. The number of ether oxygens (including phenoxy) is 1. The maximum atomic E-state index is 6.05. The number of nitrogens with one attached hydrogen (secondary N) is 1. The molecule has 0 aromatic carbocycles. The van der Waals surface area contributed by atoms with Gasteiger partial charge in [0.15, 0.2) is 0 Å². The van der Waals surface area contributed by atoms with E-state index < -0.39 is 0 Å². The van der Waals surface area contributed by atoms with Gasteiger partial charge in [0, 0.05) is 24.1 Å². The molecule has 5 heteroatoms. The van der Waals surface area contributed by atoms with Crippen LogP contribution in [0.25, 0.3) is 0 Å². The van der Waals surface area contributed by atoms with Gasteiger partial charge in [-0.25, -0.2) is 4.98 Å². The molecule has 1 aliphatic carbocycles. The summed E-state index contributed by atoms with van der Waals surface area (Å²) in [5.41, 5.74) is 4.07. The molecule has 1 aromatic heterocycles. The molecule has 1 saturated carbocycles. The van der Waals surface area contributed by atoms with Crippen molar-refractivity contribution >= 4 is 11.3 Å². The summed E-state index contributed by atoms with van der Waals surface area (Å²) in [4.78, 5) is 4.55. The van der Waals surface area contributed by atoms with Crippen LogP contribution in [-0.4, -0.2) is 23.7 Å². The molecule has 1 aromatic rings. The second kappa shape index (κ2) is 8.08. The number of hydrogen-bond acceptors (Lipinski definition) is 5. The van der Waals surface area contributed by atoms with Crippen LogP contribution in [0.3, 0.4) is 0 Å². The SMILES string of the molecule is CCOC(C1CCCCC1)C(Cc1nc(C)cs1)NN. The highest BCUT2D eigenvalue weighted by Crippen LogP contribution is 2.30. The van der Waals surface area contributed by atoms with E-state index in [-0.39, 0.29) is 12.1 Å². The van der Waals surface area contributed by atoms with Crippen LogP contribution >= 0.6 is 11.3 Å². The average molecular weight is 297 g/mol. The summed E-state index contributed by atoms with van der Waals surface area (Å²) in [6.45, 7) is 4.85. The molecule has 0 radical (unpaired) electrons. The van der Waals surface area contributed by atoms with Crippen LogP contribution in [0.15, 0.2) is 5.38 Å². The zero-order valence-electron chi connectivity index (χ0n) is 12.6. The molecule has 0 aliphatic heterocycles. The zero-order valence-corrected chi connectivity index (χ0v) is 13.4. The Balaban J connectivity index is 2.03. The van der Waals surface area contributed by atoms with Crippen LogP contribution in [0.1, 0.15) is 49.7 Å². The third kappa shape index (κ3) is 4.25. The van der Waals surface area contributed by atoms with E-state index in [0.29, 0.717) is 5.92 Å². The Morgan fingerprint density at radius 1 is 1.45 bits per heavy atom. The zero-order chi connectivity index (χ0) is 14.4. The molecule has 1 fully saturated rings. The first-order chi connectivity index (χ1) is 9.74. The summed E-state index contributed by atoms with van der Waals surface area (Å²) in [6.07, 6.45) is 7.59. The van der Waals surface area contributed by atoms with E-state index in [1.54, 1.807) is 11.3 Å². The van der Waals surface area contributed by atoms with Gasteiger partial charge in [-0.1, -0.05) is 19.3 Å². The second-order valence-electron chi connectivity index (χ2n) is 5.68. The fraction of sp³-hybridized carbons (Fsp3) is 0.800. The smallest absolute Gasteiger partial charge is 0.0945 e. The van der Waals surface area contributed by atoms with E-state index in [4.69, 9.17) is 10.6 Å². The number of aryl methyl sites for hydroxylation is 1. The van der Waals surface area contributed by atoms with Crippen LogP contribution in [0.5, 0.6) is 0 Å². The highest BCUT2D eigenvalue weighted by Gasteiger charge is 2.31. The van der Waals surface area contributed by atoms with Gasteiger partial charge in [0.05, 0.1) is 17.2 Å². The minimum absolute atomic E-state index is 0.156. The maximum Gasteiger partial charge on any atom is 0.0945 e. The molecule has 1 heterocycles. The number of nitrogens with zero attached hydrogens (tertiary/aromatic N) is 1. The van der Waals surface area contributed by atoms with Gasteiger partial charge in [-0.15, -0.1) is 11.3 Å². The van der Waals surface area contributed by atoms with Crippen molar-refractivity contribution in [3.63, 3.8) is 0 Å². The lowest BCUT2D eigenvalue weighted by Crippen LogP contribution is -2.50. The van der Waals surface area contributed by atoms with Crippen LogP contribution in [0.2, 0.25) is 0 Å². The molecule has 2 rings (SSSR count). The highest BCUT2D eigenvalue weighted by atomic mass is 32.1. The molecular weight excluding hydrogens is 270 g/mol. The van der Waals surface area contributed by atoms with Gasteiger partial charge in [0.2, 0.25) is 0 Å². The Kier molecular flexibility index (Phi) is 6.42. The van der Waals surface area contributed by atoms with Gasteiger partial charge in [-0.05, 0) is 32.6 Å². The van der Waals surface area contributed by atoms with Crippen LogP contribution in [0.4, 0.5) is 0 Å². The number of hydrogen-bond donors (Lipinski definition) is 2. The monoisotopic (exact) mass is 297 g/mol. The molecule has 0 bridgehead atoms. The van der Waals surface area contributed by atoms with E-state index >= 15 is 0 Å². The van der Waals surface area contributed by atoms with Crippen molar-refractivity contribution in [1.29, 1.82) is 0 Å². The van der Waals surface area contributed by atoms with E-state index in [1.807, 2.05) is 6.92 Å². The number of aromatic nitrogens is 1. The van der Waals surface area contributed by atoms with Crippen molar-refractivity contribution in [2.75, 3.05) is 6.61 Å². The molecule has 2 unspecified atom stereocenters. The van der Waals surface area contributed by atoms with Crippen molar-refractivity contribution in [1.82, 2.24) is 10.4 Å². The lowest BCUT2D eigenvalue weighted by Gasteiger charge is -2.35. The molecule has 2 atom stereocenters. The fourth-order valence-electron chi connectivity index (χ4n) is 3.19. The summed E-state index contributed by atoms with van der Waals surface area (Å²) in [5.74, 6) is 6.44. The predicted octanol–water partition coefficient (Wildman–Crippen LogP) is 2.81. The lowest BCUT2D eigenvalue weighted by atomic mass is 9.82. The topological polar surface area (TPSA) is 60.2 Å². The van der Waals surface area contributed by atoms with Crippen molar-refractivity contribution in [2.45, 2.75) is 64.5 Å². The lowest BCUT2D eigenvalue weighted by molar-refractivity contribution is -0.0175. The van der Waals surface area contributed by atoms with Crippen molar-refractivity contribution in [2.24, 2.45) is 11.8 Å². The molecule has 20 heavy (non-hydrogen) atoms. The first kappa shape index (κ1) is 15.9. The van der Waals surface area contributed by atoms with Crippen LogP contribution < -0.4 is 11.3 Å². The van der Waals surface area contributed by atoms with E-state index in [9.17, 15) is 0 Å². The van der Waals surface area contributed by atoms with Gasteiger partial charge < -0.3 is 4.74 Å². The Bertz CT molecular complexity index is 390. The molecule has 0 saturated heterocycles. The number of nitrogens with two attached hydrogens (primary N) is 1. The molecule has 4 nitrogen and oxygen atoms in total. The third-order valence-corrected chi connectivity index (χ3v) is 5.13. The first-order valence-electron chi connectivity index (χ1n) is 7.73. The highest BCUT2D eigenvalue weighted by molar-refractivity contribution is 7.09. The number of thiazole rings is 1. The normalized spacial score (nSPS) is 19.9. The summed E-state index contributed by atoms with van der Waals surface area (Å²) in [6, 6.07) is 0.156. The van der Waals surface area contributed by atoms with Gasteiger partial charge in [-0.2, -0.15) is 0 Å². The van der Waals surface area contributed by atoms with Gasteiger partial charge >= 0.3 is 0 Å². The van der Waals surface area contributed by atoms with Crippen molar-refractivity contribution < 1.29 is 4.74 Å². The molecule has 3 N–H and O–H groups in total. The Hall–Kier alpha value is -0.490. The standard InChI is InChI=1S/C15H27N3OS/c1-3-19-15(12-7-5-4-6-8-12)13(18-16)9-14-17-11(2)10-20-14/h10,12-13,15,18H,3-9,16H2,1-2H3. The van der Waals surface area contributed by atoms with Gasteiger partial charge in [-0.3, -0.25) is 11.3 Å². The van der Waals surface area contributed by atoms with E-state index in [2.05, 4.69) is 22.7 Å². The summed E-state index contributed by atoms with van der Waals surface area (Å²) >= 11 is 1.71. The van der Waals surface area contributed by atoms with Crippen molar-refractivity contribution in [3.8, 4) is 0 Å². The fourth-order valence-corrected chi connectivity index (χ4v) is 4.02. The minimum atomic E-state index is 0.156. The molecule has 0 amide bonds. The summed E-state index contributed by atoms with van der Waals surface area (Å²) in [5, 5.41) is 3.24. The Morgan fingerprint density at radius 2 is 2.20 bits per heavy atom. The Morgan fingerprint density at radius 3 is 2.75 bits per heavy atom. The molecule has 114 valence electrons. The van der Waals surface area contributed by atoms with Gasteiger partial charge in [0.25, 0.3) is 0 Å². The number of rotatable bonds is 7. The van der Waals surface area contributed by atoms with E-state index in [0.717, 1.165) is 23.7 Å². The predicted molar refractivity (Wildman–Crippen MR) is 83.7 cm³/mol. The largest absolute Gasteiger partial charge is 0.377 e. The van der Waals surface area contributed by atoms with Crippen molar-refractivity contribution in [3.05, 3.63) is 16.1 Å². The van der Waals surface area contributed by atoms with Crippen LogP contribution in [-0.2, 0) is 11.2 Å².